The minimum absolute atomic E-state index is 0.148. The summed E-state index contributed by atoms with van der Waals surface area (Å²) in [4.78, 5) is 14.0. The maximum absolute atomic E-state index is 11.9. The maximum Gasteiger partial charge on any atom is 0.224 e. The molecule has 3 heteroatoms. The standard InChI is InChI=1S/C13H8OS2/c14-13-11(8-9-4-3-7-15-9)10-5-1-2-6-12(10)16-13/h1-8H/b11-8-. The summed E-state index contributed by atoms with van der Waals surface area (Å²) in [7, 11) is 0. The normalized spacial score (nSPS) is 16.8. The highest BCUT2D eigenvalue weighted by atomic mass is 32.2. The van der Waals surface area contributed by atoms with E-state index < -0.39 is 0 Å². The van der Waals surface area contributed by atoms with Crippen LogP contribution in [0, 0.1) is 0 Å². The molecule has 0 radical (unpaired) electrons. The van der Waals surface area contributed by atoms with Gasteiger partial charge in [0.2, 0.25) is 5.12 Å². The molecule has 0 aliphatic carbocycles. The number of carbonyl (C=O) groups excluding carboxylic acids is 1. The summed E-state index contributed by atoms with van der Waals surface area (Å²) in [5, 5.41) is 2.17. The Kier molecular flexibility index (Phi) is 2.42. The quantitative estimate of drug-likeness (QED) is 0.707. The van der Waals surface area contributed by atoms with Crippen LogP contribution in [-0.4, -0.2) is 5.12 Å². The third-order valence-electron chi connectivity index (χ3n) is 2.43. The van der Waals surface area contributed by atoms with Crippen LogP contribution in [0.2, 0.25) is 0 Å². The van der Waals surface area contributed by atoms with Gasteiger partial charge in [0.15, 0.2) is 0 Å². The minimum Gasteiger partial charge on any atom is -0.281 e. The maximum atomic E-state index is 11.9. The highest BCUT2D eigenvalue weighted by molar-refractivity contribution is 8.15. The molecule has 0 spiro atoms. The number of hydrogen-bond donors (Lipinski definition) is 0. The van der Waals surface area contributed by atoms with Crippen molar-refractivity contribution in [2.24, 2.45) is 0 Å². The van der Waals surface area contributed by atoms with E-state index in [9.17, 15) is 4.79 Å². The van der Waals surface area contributed by atoms with Crippen molar-refractivity contribution in [1.29, 1.82) is 0 Å². The highest BCUT2D eigenvalue weighted by Crippen LogP contribution is 2.41. The van der Waals surface area contributed by atoms with E-state index in [1.807, 2.05) is 47.9 Å². The molecular weight excluding hydrogens is 236 g/mol. The number of rotatable bonds is 1. The molecule has 1 nitrogen and oxygen atoms in total. The lowest BCUT2D eigenvalue weighted by Gasteiger charge is -1.96. The Labute approximate surface area is 102 Å². The van der Waals surface area contributed by atoms with E-state index in [1.54, 1.807) is 11.3 Å². The lowest BCUT2D eigenvalue weighted by molar-refractivity contribution is -0.106. The fourth-order valence-electron chi connectivity index (χ4n) is 1.70. The second kappa shape index (κ2) is 3.92. The number of thioether (sulfide) groups is 1. The average molecular weight is 244 g/mol. The SMILES string of the molecule is O=C1Sc2ccccc2/C1=C/c1cccs1. The van der Waals surface area contributed by atoms with Gasteiger partial charge in [-0.05, 0) is 35.4 Å². The van der Waals surface area contributed by atoms with Gasteiger partial charge in [-0.25, -0.2) is 0 Å². The van der Waals surface area contributed by atoms with E-state index >= 15 is 0 Å². The van der Waals surface area contributed by atoms with Gasteiger partial charge >= 0.3 is 0 Å². The van der Waals surface area contributed by atoms with Gasteiger partial charge in [0.25, 0.3) is 0 Å². The fourth-order valence-corrected chi connectivity index (χ4v) is 3.27. The fraction of sp³-hybridized carbons (Fsp3) is 0. The zero-order valence-corrected chi connectivity index (χ0v) is 9.98. The Morgan fingerprint density at radius 3 is 2.75 bits per heavy atom. The van der Waals surface area contributed by atoms with Crippen LogP contribution in [0.5, 0.6) is 0 Å². The number of thiophene rings is 1. The van der Waals surface area contributed by atoms with Gasteiger partial charge in [0, 0.05) is 20.9 Å². The van der Waals surface area contributed by atoms with Crippen LogP contribution in [0.4, 0.5) is 0 Å². The first-order valence-electron chi connectivity index (χ1n) is 4.91. The van der Waals surface area contributed by atoms with Gasteiger partial charge in [0.1, 0.15) is 0 Å². The summed E-state index contributed by atoms with van der Waals surface area (Å²) in [5.41, 5.74) is 1.88. The van der Waals surface area contributed by atoms with Crippen molar-refractivity contribution in [3.05, 3.63) is 52.2 Å². The minimum atomic E-state index is 0.148. The van der Waals surface area contributed by atoms with Gasteiger partial charge in [0.05, 0.1) is 0 Å². The second-order valence-electron chi connectivity index (χ2n) is 3.46. The third-order valence-corrected chi connectivity index (χ3v) is 4.23. The number of carbonyl (C=O) groups is 1. The van der Waals surface area contributed by atoms with E-state index in [4.69, 9.17) is 0 Å². The molecule has 1 aliphatic heterocycles. The lowest BCUT2D eigenvalue weighted by atomic mass is 10.1. The second-order valence-corrected chi connectivity index (χ2v) is 5.45. The molecule has 78 valence electrons. The molecule has 1 aliphatic rings. The summed E-state index contributed by atoms with van der Waals surface area (Å²) >= 11 is 2.97. The molecule has 2 heterocycles. The Morgan fingerprint density at radius 1 is 1.06 bits per heavy atom. The van der Waals surface area contributed by atoms with Gasteiger partial charge in [-0.15, -0.1) is 11.3 Å². The molecule has 0 amide bonds. The summed E-state index contributed by atoms with van der Waals surface area (Å²) in [5.74, 6) is 0. The summed E-state index contributed by atoms with van der Waals surface area (Å²) < 4.78 is 0. The molecule has 3 rings (SSSR count). The highest BCUT2D eigenvalue weighted by Gasteiger charge is 2.24. The van der Waals surface area contributed by atoms with Crippen LogP contribution in [0.15, 0.2) is 46.7 Å². The average Bonchev–Trinajstić information content (AvgIpc) is 2.89. The van der Waals surface area contributed by atoms with Crippen LogP contribution in [0.25, 0.3) is 11.6 Å². The molecule has 0 N–H and O–H groups in total. The van der Waals surface area contributed by atoms with Crippen molar-refractivity contribution in [3.63, 3.8) is 0 Å². The predicted molar refractivity (Wildman–Crippen MR) is 69.5 cm³/mol. The van der Waals surface area contributed by atoms with Crippen molar-refractivity contribution < 1.29 is 4.79 Å². The molecule has 1 aromatic carbocycles. The molecule has 0 atom stereocenters. The summed E-state index contributed by atoms with van der Waals surface area (Å²) in [6, 6.07) is 12.0. The van der Waals surface area contributed by atoms with Gasteiger partial charge in [-0.3, -0.25) is 4.79 Å². The largest absolute Gasteiger partial charge is 0.281 e. The smallest absolute Gasteiger partial charge is 0.224 e. The van der Waals surface area contributed by atoms with Crippen LogP contribution >= 0.6 is 23.1 Å². The van der Waals surface area contributed by atoms with Crippen molar-refractivity contribution >= 4 is 39.9 Å². The van der Waals surface area contributed by atoms with E-state index in [2.05, 4.69) is 0 Å². The van der Waals surface area contributed by atoms with Crippen molar-refractivity contribution in [3.8, 4) is 0 Å². The topological polar surface area (TPSA) is 17.1 Å². The molecule has 0 saturated carbocycles. The Bertz CT molecular complexity index is 567. The van der Waals surface area contributed by atoms with Crippen molar-refractivity contribution in [2.45, 2.75) is 4.90 Å². The Hall–Kier alpha value is -1.32. The summed E-state index contributed by atoms with van der Waals surface area (Å²) in [6.07, 6.45) is 1.98. The molecular formula is C13H8OS2. The van der Waals surface area contributed by atoms with Crippen LogP contribution < -0.4 is 0 Å². The van der Waals surface area contributed by atoms with Crippen LogP contribution in [0.1, 0.15) is 10.4 Å². The molecule has 16 heavy (non-hydrogen) atoms. The zero-order valence-electron chi connectivity index (χ0n) is 8.34. The monoisotopic (exact) mass is 244 g/mol. The third kappa shape index (κ3) is 1.62. The molecule has 0 fully saturated rings. The number of hydrogen-bond acceptors (Lipinski definition) is 3. The van der Waals surface area contributed by atoms with E-state index in [1.165, 1.54) is 11.8 Å². The first-order valence-corrected chi connectivity index (χ1v) is 6.61. The molecule has 0 unspecified atom stereocenters. The Morgan fingerprint density at radius 2 is 1.94 bits per heavy atom. The van der Waals surface area contributed by atoms with Crippen LogP contribution in [0.3, 0.4) is 0 Å². The predicted octanol–water partition coefficient (Wildman–Crippen LogP) is 3.92. The lowest BCUT2D eigenvalue weighted by Crippen LogP contribution is -1.86. The Balaban J connectivity index is 2.12. The molecule has 0 bridgehead atoms. The first-order chi connectivity index (χ1) is 7.84. The van der Waals surface area contributed by atoms with Gasteiger partial charge in [-0.2, -0.15) is 0 Å². The van der Waals surface area contributed by atoms with Gasteiger partial charge < -0.3 is 0 Å². The van der Waals surface area contributed by atoms with E-state index in [0.29, 0.717) is 0 Å². The summed E-state index contributed by atoms with van der Waals surface area (Å²) in [6.45, 7) is 0. The molecule has 2 aromatic rings. The van der Waals surface area contributed by atoms with Crippen molar-refractivity contribution in [1.82, 2.24) is 0 Å². The first kappa shape index (κ1) is 9.87. The number of fused-ring (bicyclic) bond motifs is 1. The zero-order chi connectivity index (χ0) is 11.0. The van der Waals surface area contributed by atoms with Crippen molar-refractivity contribution in [2.75, 3.05) is 0 Å². The van der Waals surface area contributed by atoms with Crippen LogP contribution in [-0.2, 0) is 4.79 Å². The molecule has 0 saturated heterocycles. The number of benzene rings is 1. The van der Waals surface area contributed by atoms with E-state index in [0.717, 1.165) is 20.9 Å². The van der Waals surface area contributed by atoms with Gasteiger partial charge in [-0.1, -0.05) is 24.3 Å². The molecule has 1 aromatic heterocycles. The van der Waals surface area contributed by atoms with E-state index in [-0.39, 0.29) is 5.12 Å².